The molecular weight excluding hydrogens is 546 g/mol. The number of allylic oxidation sites excluding steroid dienone is 1. The predicted octanol–water partition coefficient (Wildman–Crippen LogP) is 6.75. The predicted molar refractivity (Wildman–Crippen MR) is 136 cm³/mol. The first-order valence-electron chi connectivity index (χ1n) is 10.9. The lowest BCUT2D eigenvalue weighted by atomic mass is 9.65. The molecule has 2 aliphatic heterocycles. The van der Waals surface area contributed by atoms with E-state index in [-0.39, 0.29) is 17.9 Å². The number of carbonyl (C=O) groups excluding carboxylic acids is 1. The van der Waals surface area contributed by atoms with Crippen molar-refractivity contribution in [3.05, 3.63) is 91.9 Å². The number of anilines is 1. The van der Waals surface area contributed by atoms with Crippen molar-refractivity contribution in [2.45, 2.75) is 30.8 Å². The molecule has 0 bridgehead atoms. The Kier molecular flexibility index (Phi) is 4.93. The van der Waals surface area contributed by atoms with Crippen molar-refractivity contribution in [1.29, 1.82) is 0 Å². The van der Waals surface area contributed by atoms with Crippen LogP contribution in [0.1, 0.15) is 34.6 Å². The summed E-state index contributed by atoms with van der Waals surface area (Å²) >= 11 is 7.34. The van der Waals surface area contributed by atoms with E-state index in [0.717, 1.165) is 48.4 Å². The Labute approximate surface area is 209 Å². The number of ether oxygens (including phenoxy) is 2. The Bertz CT molecular complexity index is 1330. The zero-order valence-corrected chi connectivity index (χ0v) is 21.1. The summed E-state index contributed by atoms with van der Waals surface area (Å²) in [5.74, 6) is 1.13. The Hall–Kier alpha value is -2.57. The summed E-state index contributed by atoms with van der Waals surface area (Å²) in [5.41, 5.74) is 4.68. The van der Waals surface area contributed by atoms with Gasteiger partial charge in [0.2, 0.25) is 5.91 Å². The van der Waals surface area contributed by atoms with Crippen molar-refractivity contribution in [2.24, 2.45) is 0 Å². The molecule has 0 radical (unpaired) electrons. The Morgan fingerprint density at radius 2 is 1.82 bits per heavy atom. The van der Waals surface area contributed by atoms with E-state index < -0.39 is 5.41 Å². The molecule has 6 heteroatoms. The van der Waals surface area contributed by atoms with E-state index in [9.17, 15) is 4.79 Å². The van der Waals surface area contributed by atoms with Gasteiger partial charge in [0.05, 0.1) is 11.6 Å². The molecule has 1 amide bonds. The second-order valence-corrected chi connectivity index (χ2v) is 10.5. The van der Waals surface area contributed by atoms with Crippen LogP contribution in [0.3, 0.4) is 0 Å². The molecule has 0 saturated heterocycles. The molecule has 4 nitrogen and oxygen atoms in total. The fraction of sp³-hybridized carbons (Fsp3) is 0.222. The number of carbonyl (C=O) groups is 1. The number of para-hydroxylation sites is 2. The molecule has 6 rings (SSSR count). The molecule has 1 aliphatic carbocycles. The second-order valence-electron chi connectivity index (χ2n) is 8.84. The maximum atomic E-state index is 13.6. The summed E-state index contributed by atoms with van der Waals surface area (Å²) in [7, 11) is 0. The van der Waals surface area contributed by atoms with Gasteiger partial charge in [0.1, 0.15) is 12.7 Å². The van der Waals surface area contributed by atoms with Gasteiger partial charge in [-0.15, -0.1) is 0 Å². The van der Waals surface area contributed by atoms with E-state index in [2.05, 4.69) is 68.4 Å². The molecule has 3 aliphatic rings. The van der Waals surface area contributed by atoms with Gasteiger partial charge in [-0.25, -0.2) is 0 Å². The molecule has 33 heavy (non-hydrogen) atoms. The summed E-state index contributed by atoms with van der Waals surface area (Å²) in [6.45, 7) is 2.51. The number of hydrogen-bond donors (Lipinski definition) is 1. The molecule has 1 N–H and O–H groups in total. The second kappa shape index (κ2) is 7.74. The van der Waals surface area contributed by atoms with Crippen LogP contribution in [-0.2, 0) is 10.2 Å². The molecule has 0 aromatic heterocycles. The third kappa shape index (κ3) is 3.18. The molecule has 3 aromatic rings. The van der Waals surface area contributed by atoms with Crippen LogP contribution >= 0.6 is 31.9 Å². The van der Waals surface area contributed by atoms with Crippen LogP contribution in [0.15, 0.2) is 69.6 Å². The van der Waals surface area contributed by atoms with Crippen molar-refractivity contribution < 1.29 is 14.3 Å². The summed E-state index contributed by atoms with van der Waals surface area (Å²) in [6, 6.07) is 18.1. The van der Waals surface area contributed by atoms with Gasteiger partial charge in [0.15, 0.2) is 11.5 Å². The van der Waals surface area contributed by atoms with Gasteiger partial charge in [-0.05, 0) is 63.3 Å². The van der Waals surface area contributed by atoms with E-state index in [1.54, 1.807) is 0 Å². The number of rotatable bonds is 3. The van der Waals surface area contributed by atoms with Crippen molar-refractivity contribution in [3.63, 3.8) is 0 Å². The minimum absolute atomic E-state index is 0.00498. The number of amides is 1. The molecule has 3 atom stereocenters. The lowest BCUT2D eigenvalue weighted by Crippen LogP contribution is -2.42. The largest absolute Gasteiger partial charge is 0.486 e. The number of benzene rings is 3. The van der Waals surface area contributed by atoms with Gasteiger partial charge in [-0.2, -0.15) is 0 Å². The number of hydrogen-bond acceptors (Lipinski definition) is 3. The van der Waals surface area contributed by atoms with Crippen LogP contribution in [0.2, 0.25) is 0 Å². The molecule has 0 spiro atoms. The Morgan fingerprint density at radius 1 is 1.06 bits per heavy atom. The Morgan fingerprint density at radius 3 is 2.67 bits per heavy atom. The highest BCUT2D eigenvalue weighted by atomic mass is 79.9. The first kappa shape index (κ1) is 21.0. The summed E-state index contributed by atoms with van der Waals surface area (Å²) in [4.78, 5) is 13.6. The van der Waals surface area contributed by atoms with Crippen molar-refractivity contribution in [1.82, 2.24) is 0 Å². The zero-order chi connectivity index (χ0) is 22.7. The summed E-state index contributed by atoms with van der Waals surface area (Å²) < 4.78 is 14.3. The fourth-order valence-electron chi connectivity index (χ4n) is 5.52. The number of nitrogens with one attached hydrogen (secondary N) is 1. The third-order valence-electron chi connectivity index (χ3n) is 6.99. The summed E-state index contributed by atoms with van der Waals surface area (Å²) in [6.07, 6.45) is 4.77. The first-order valence-corrected chi connectivity index (χ1v) is 12.5. The topological polar surface area (TPSA) is 47.6 Å². The van der Waals surface area contributed by atoms with Crippen LogP contribution in [0.4, 0.5) is 5.69 Å². The molecule has 0 fully saturated rings. The van der Waals surface area contributed by atoms with Crippen molar-refractivity contribution >= 4 is 49.5 Å². The quantitative estimate of drug-likeness (QED) is 0.381. The van der Waals surface area contributed by atoms with Gasteiger partial charge < -0.3 is 14.8 Å². The van der Waals surface area contributed by atoms with E-state index >= 15 is 0 Å². The lowest BCUT2D eigenvalue weighted by Gasteiger charge is -2.39. The third-order valence-corrected chi connectivity index (χ3v) is 8.44. The zero-order valence-electron chi connectivity index (χ0n) is 17.9. The first-order chi connectivity index (χ1) is 16.0. The monoisotopic (exact) mass is 565 g/mol. The van der Waals surface area contributed by atoms with Gasteiger partial charge in [-0.1, -0.05) is 64.5 Å². The minimum Gasteiger partial charge on any atom is -0.486 e. The highest BCUT2D eigenvalue weighted by molar-refractivity contribution is 9.11. The molecule has 0 saturated carbocycles. The Balaban J connectivity index is 1.50. The normalized spacial score (nSPS) is 24.4. The average Bonchev–Trinajstić information content (AvgIpc) is 3.36. The SMILES string of the molecule is Cc1c(Br)cc(Br)c2c1C(C1(CC3COc4ccccc4O3)C=Cc3ccccc31)C(=O)N2. The number of fused-ring (bicyclic) bond motifs is 3. The van der Waals surface area contributed by atoms with Crippen molar-refractivity contribution in [3.8, 4) is 11.5 Å². The van der Waals surface area contributed by atoms with Crippen LogP contribution in [0.25, 0.3) is 6.08 Å². The lowest BCUT2D eigenvalue weighted by molar-refractivity contribution is -0.118. The van der Waals surface area contributed by atoms with Crippen LogP contribution in [0.5, 0.6) is 11.5 Å². The minimum atomic E-state index is -0.558. The molecule has 3 unspecified atom stereocenters. The maximum absolute atomic E-state index is 13.6. The van der Waals surface area contributed by atoms with Crippen LogP contribution in [0, 0.1) is 6.92 Å². The fourth-order valence-corrected chi connectivity index (χ4v) is 6.82. The molecule has 2 heterocycles. The molecule has 3 aromatic carbocycles. The summed E-state index contributed by atoms with van der Waals surface area (Å²) in [5, 5.41) is 3.16. The maximum Gasteiger partial charge on any atom is 0.233 e. The highest BCUT2D eigenvalue weighted by Gasteiger charge is 2.52. The van der Waals surface area contributed by atoms with E-state index in [1.807, 2.05) is 42.5 Å². The van der Waals surface area contributed by atoms with E-state index in [4.69, 9.17) is 9.47 Å². The average molecular weight is 567 g/mol. The van der Waals surface area contributed by atoms with Gasteiger partial charge in [0.25, 0.3) is 0 Å². The number of halogens is 2. The van der Waals surface area contributed by atoms with Crippen LogP contribution in [-0.4, -0.2) is 18.6 Å². The van der Waals surface area contributed by atoms with Crippen LogP contribution < -0.4 is 14.8 Å². The van der Waals surface area contributed by atoms with Gasteiger partial charge in [-0.3, -0.25) is 4.79 Å². The molecular formula is C27H21Br2NO3. The van der Waals surface area contributed by atoms with Crippen molar-refractivity contribution in [2.75, 3.05) is 11.9 Å². The van der Waals surface area contributed by atoms with E-state index in [0.29, 0.717) is 13.0 Å². The standard InChI is InChI=1S/C27H21Br2NO3/c1-15-19(28)12-20(29)25-23(15)24(26(31)30-25)27(11-10-16-6-2-3-7-18(16)27)13-17-14-32-21-8-4-5-9-22(21)33-17/h2-12,17,24H,13-14H2,1H3,(H,30,31). The molecule has 166 valence electrons. The van der Waals surface area contributed by atoms with Gasteiger partial charge >= 0.3 is 0 Å². The van der Waals surface area contributed by atoms with E-state index in [1.165, 1.54) is 0 Å². The highest BCUT2D eigenvalue weighted by Crippen LogP contribution is 2.56. The van der Waals surface area contributed by atoms with Gasteiger partial charge in [0, 0.05) is 20.8 Å². The smallest absolute Gasteiger partial charge is 0.233 e.